The number of rotatable bonds is 4. The predicted molar refractivity (Wildman–Crippen MR) is 61.3 cm³/mol. The van der Waals surface area contributed by atoms with Crippen LogP contribution in [0.15, 0.2) is 18.3 Å². The first kappa shape index (κ1) is 12.7. The van der Waals surface area contributed by atoms with E-state index in [2.05, 4.69) is 9.72 Å². The summed E-state index contributed by atoms with van der Waals surface area (Å²) in [5.41, 5.74) is 5.75. The zero-order valence-corrected chi connectivity index (χ0v) is 9.21. The monoisotopic (exact) mass is 236 g/mol. The van der Waals surface area contributed by atoms with Crippen molar-refractivity contribution in [2.45, 2.75) is 6.92 Å². The molecule has 1 heterocycles. The van der Waals surface area contributed by atoms with Crippen LogP contribution in [0.4, 0.5) is 5.82 Å². The molecule has 1 aromatic rings. The highest BCUT2D eigenvalue weighted by Crippen LogP contribution is 2.12. The minimum Gasteiger partial charge on any atom is -0.478 e. The first-order valence-electron chi connectivity index (χ1n) is 4.88. The molecule has 0 fully saturated rings. The number of carbonyl (C=O) groups excluding carboxylic acids is 1. The van der Waals surface area contributed by atoms with E-state index in [1.165, 1.54) is 24.4 Å². The number of ether oxygens (including phenoxy) is 1. The molecule has 1 rings (SSSR count). The number of nitrogens with zero attached hydrogens (tertiary/aromatic N) is 1. The Morgan fingerprint density at radius 1 is 1.59 bits per heavy atom. The van der Waals surface area contributed by atoms with Gasteiger partial charge >= 0.3 is 11.9 Å². The second kappa shape index (κ2) is 5.64. The Bertz CT molecular complexity index is 469. The summed E-state index contributed by atoms with van der Waals surface area (Å²) in [5.74, 6) is -1.73. The number of hydrogen-bond acceptors (Lipinski definition) is 5. The summed E-state index contributed by atoms with van der Waals surface area (Å²) < 4.78 is 4.68. The molecular formula is C11H12N2O4. The zero-order chi connectivity index (χ0) is 12.8. The standard InChI is InChI=1S/C11H12N2O4/c1-2-17-9(14)4-3-7-5-8(11(15)16)10(12)13-6-7/h3-6H,2H2,1H3,(H2,12,13)(H,15,16). The smallest absolute Gasteiger partial charge is 0.339 e. The number of carboxylic acids is 1. The second-order valence-corrected chi connectivity index (χ2v) is 3.09. The van der Waals surface area contributed by atoms with Crippen LogP contribution in [0.5, 0.6) is 0 Å². The number of aromatic carboxylic acids is 1. The van der Waals surface area contributed by atoms with Crippen LogP contribution in [-0.2, 0) is 9.53 Å². The van der Waals surface area contributed by atoms with E-state index in [9.17, 15) is 9.59 Å². The number of carboxylic acid groups (broad SMARTS) is 1. The molecule has 17 heavy (non-hydrogen) atoms. The third kappa shape index (κ3) is 3.60. The second-order valence-electron chi connectivity index (χ2n) is 3.09. The summed E-state index contributed by atoms with van der Waals surface area (Å²) in [6.45, 7) is 1.97. The maximum atomic E-state index is 11.0. The third-order valence-electron chi connectivity index (χ3n) is 1.87. The van der Waals surface area contributed by atoms with Gasteiger partial charge in [0.05, 0.1) is 6.61 Å². The number of esters is 1. The van der Waals surface area contributed by atoms with E-state index < -0.39 is 11.9 Å². The molecule has 0 spiro atoms. The highest BCUT2D eigenvalue weighted by atomic mass is 16.5. The Labute approximate surface area is 97.7 Å². The van der Waals surface area contributed by atoms with Crippen LogP contribution in [0.2, 0.25) is 0 Å². The fourth-order valence-electron chi connectivity index (χ4n) is 1.11. The highest BCUT2D eigenvalue weighted by Gasteiger charge is 2.08. The van der Waals surface area contributed by atoms with Crippen molar-refractivity contribution >= 4 is 23.8 Å². The summed E-state index contributed by atoms with van der Waals surface area (Å²) in [4.78, 5) is 25.5. The molecule has 0 radical (unpaired) electrons. The van der Waals surface area contributed by atoms with Crippen molar-refractivity contribution in [1.29, 1.82) is 0 Å². The lowest BCUT2D eigenvalue weighted by atomic mass is 10.2. The van der Waals surface area contributed by atoms with Gasteiger partial charge in [0.1, 0.15) is 11.4 Å². The number of aromatic nitrogens is 1. The first-order valence-corrected chi connectivity index (χ1v) is 4.88. The van der Waals surface area contributed by atoms with Gasteiger partial charge in [0.15, 0.2) is 0 Å². The van der Waals surface area contributed by atoms with Crippen molar-refractivity contribution < 1.29 is 19.4 Å². The number of pyridine rings is 1. The quantitative estimate of drug-likeness (QED) is 0.595. The van der Waals surface area contributed by atoms with E-state index in [1.807, 2.05) is 0 Å². The Hall–Kier alpha value is -2.37. The van der Waals surface area contributed by atoms with E-state index in [0.29, 0.717) is 5.56 Å². The van der Waals surface area contributed by atoms with Crippen LogP contribution in [0, 0.1) is 0 Å². The maximum absolute atomic E-state index is 11.0. The van der Waals surface area contributed by atoms with Crippen molar-refractivity contribution in [3.63, 3.8) is 0 Å². The minimum atomic E-state index is -1.17. The van der Waals surface area contributed by atoms with Crippen LogP contribution in [0.3, 0.4) is 0 Å². The summed E-state index contributed by atoms with van der Waals surface area (Å²) >= 11 is 0. The molecule has 0 unspecified atom stereocenters. The van der Waals surface area contributed by atoms with Gasteiger partial charge in [-0.15, -0.1) is 0 Å². The van der Waals surface area contributed by atoms with Crippen molar-refractivity contribution in [1.82, 2.24) is 4.98 Å². The molecule has 0 aromatic carbocycles. The predicted octanol–water partition coefficient (Wildman–Crippen LogP) is 0.938. The largest absolute Gasteiger partial charge is 0.478 e. The normalized spacial score (nSPS) is 10.4. The maximum Gasteiger partial charge on any atom is 0.339 e. The van der Waals surface area contributed by atoms with Crippen LogP contribution in [0.1, 0.15) is 22.8 Å². The molecule has 0 aliphatic rings. The Morgan fingerprint density at radius 2 is 2.29 bits per heavy atom. The van der Waals surface area contributed by atoms with Gasteiger partial charge in [-0.05, 0) is 24.6 Å². The molecule has 0 saturated carbocycles. The average Bonchev–Trinajstić information content (AvgIpc) is 2.28. The Kier molecular flexibility index (Phi) is 4.21. The number of carbonyl (C=O) groups is 2. The molecule has 0 amide bonds. The summed E-state index contributed by atoms with van der Waals surface area (Å²) in [6, 6.07) is 1.33. The van der Waals surface area contributed by atoms with Crippen LogP contribution >= 0.6 is 0 Å². The molecule has 6 nitrogen and oxygen atoms in total. The molecule has 90 valence electrons. The number of anilines is 1. The fourth-order valence-corrected chi connectivity index (χ4v) is 1.11. The summed E-state index contributed by atoms with van der Waals surface area (Å²) in [5, 5.41) is 8.82. The van der Waals surface area contributed by atoms with E-state index in [4.69, 9.17) is 10.8 Å². The van der Waals surface area contributed by atoms with Gasteiger partial charge in [-0.25, -0.2) is 14.6 Å². The van der Waals surface area contributed by atoms with Crippen LogP contribution in [0.25, 0.3) is 6.08 Å². The van der Waals surface area contributed by atoms with Gasteiger partial charge in [-0.3, -0.25) is 0 Å². The molecule has 0 bridgehead atoms. The SMILES string of the molecule is CCOC(=O)C=Cc1cnc(N)c(C(=O)O)c1. The fraction of sp³-hybridized carbons (Fsp3) is 0.182. The number of hydrogen-bond donors (Lipinski definition) is 2. The molecule has 0 aliphatic carbocycles. The molecule has 0 saturated heterocycles. The van der Waals surface area contributed by atoms with E-state index in [1.54, 1.807) is 6.92 Å². The Morgan fingerprint density at radius 3 is 2.88 bits per heavy atom. The zero-order valence-electron chi connectivity index (χ0n) is 9.21. The highest BCUT2D eigenvalue weighted by molar-refractivity contribution is 5.93. The molecule has 1 aromatic heterocycles. The van der Waals surface area contributed by atoms with Crippen molar-refractivity contribution in [3.05, 3.63) is 29.5 Å². The lowest BCUT2D eigenvalue weighted by Crippen LogP contribution is -2.04. The van der Waals surface area contributed by atoms with Gasteiger partial charge in [-0.2, -0.15) is 0 Å². The lowest BCUT2D eigenvalue weighted by Gasteiger charge is -2.00. The van der Waals surface area contributed by atoms with Gasteiger partial charge in [0.2, 0.25) is 0 Å². The van der Waals surface area contributed by atoms with Gasteiger partial charge < -0.3 is 15.6 Å². The van der Waals surface area contributed by atoms with Gasteiger partial charge in [0, 0.05) is 12.3 Å². The van der Waals surface area contributed by atoms with Gasteiger partial charge in [0.25, 0.3) is 0 Å². The van der Waals surface area contributed by atoms with E-state index in [0.717, 1.165) is 0 Å². The molecule has 0 atom stereocenters. The summed E-state index contributed by atoms with van der Waals surface area (Å²) in [7, 11) is 0. The molecule has 0 aliphatic heterocycles. The minimum absolute atomic E-state index is 0.0641. The number of nitrogens with two attached hydrogens (primary N) is 1. The lowest BCUT2D eigenvalue weighted by molar-refractivity contribution is -0.137. The van der Waals surface area contributed by atoms with Crippen LogP contribution in [-0.4, -0.2) is 28.6 Å². The molecule has 3 N–H and O–H groups in total. The Balaban J connectivity index is 2.89. The topological polar surface area (TPSA) is 103 Å². The molecule has 6 heteroatoms. The summed E-state index contributed by atoms with van der Waals surface area (Å²) in [6.07, 6.45) is 3.98. The average molecular weight is 236 g/mol. The first-order chi connectivity index (χ1) is 8.04. The van der Waals surface area contributed by atoms with E-state index in [-0.39, 0.29) is 18.0 Å². The van der Waals surface area contributed by atoms with Crippen molar-refractivity contribution in [2.24, 2.45) is 0 Å². The van der Waals surface area contributed by atoms with E-state index >= 15 is 0 Å². The molecular weight excluding hydrogens is 224 g/mol. The third-order valence-corrected chi connectivity index (χ3v) is 1.87. The van der Waals surface area contributed by atoms with Crippen molar-refractivity contribution in [2.75, 3.05) is 12.3 Å². The number of nitrogen functional groups attached to an aromatic ring is 1. The van der Waals surface area contributed by atoms with Crippen molar-refractivity contribution in [3.8, 4) is 0 Å². The van der Waals surface area contributed by atoms with Crippen LogP contribution < -0.4 is 5.73 Å². The van der Waals surface area contributed by atoms with Gasteiger partial charge in [-0.1, -0.05) is 0 Å².